The average molecular weight is 347 g/mol. The van der Waals surface area contributed by atoms with Crippen molar-refractivity contribution < 1.29 is 17.9 Å². The second kappa shape index (κ2) is 6.73. The Labute approximate surface area is 142 Å². The molecule has 24 heavy (non-hydrogen) atoms. The van der Waals surface area contributed by atoms with Gasteiger partial charge < -0.3 is 9.47 Å². The monoisotopic (exact) mass is 347 g/mol. The Kier molecular flexibility index (Phi) is 4.66. The van der Waals surface area contributed by atoms with Gasteiger partial charge in [0.2, 0.25) is 0 Å². The second-order valence-corrected chi connectivity index (χ2v) is 7.52. The van der Waals surface area contributed by atoms with Crippen molar-refractivity contribution in [1.29, 1.82) is 0 Å². The fourth-order valence-electron chi connectivity index (χ4n) is 2.52. The van der Waals surface area contributed by atoms with Crippen LogP contribution < -0.4 is 14.2 Å². The highest BCUT2D eigenvalue weighted by atomic mass is 32.2. The van der Waals surface area contributed by atoms with Gasteiger partial charge in [-0.05, 0) is 42.2 Å². The summed E-state index contributed by atoms with van der Waals surface area (Å²) >= 11 is 0. The van der Waals surface area contributed by atoms with Gasteiger partial charge in [-0.1, -0.05) is 26.0 Å². The van der Waals surface area contributed by atoms with Crippen LogP contribution in [0.1, 0.15) is 31.7 Å². The molecule has 1 aliphatic rings. The molecule has 0 aromatic heterocycles. The van der Waals surface area contributed by atoms with Crippen LogP contribution in [-0.2, 0) is 10.0 Å². The average Bonchev–Trinajstić information content (AvgIpc) is 2.61. The number of ether oxygens (including phenoxy) is 2. The number of benzene rings is 2. The molecule has 0 amide bonds. The Morgan fingerprint density at radius 2 is 1.71 bits per heavy atom. The van der Waals surface area contributed by atoms with Crippen LogP contribution >= 0.6 is 0 Å². The van der Waals surface area contributed by atoms with Gasteiger partial charge in [-0.3, -0.25) is 4.72 Å². The van der Waals surface area contributed by atoms with Crippen LogP contribution in [0.25, 0.3) is 0 Å². The van der Waals surface area contributed by atoms with Gasteiger partial charge in [0.15, 0.2) is 11.5 Å². The van der Waals surface area contributed by atoms with Gasteiger partial charge in [0.05, 0.1) is 4.90 Å². The molecule has 5 nitrogen and oxygen atoms in total. The van der Waals surface area contributed by atoms with Crippen molar-refractivity contribution in [1.82, 2.24) is 0 Å². The van der Waals surface area contributed by atoms with E-state index in [4.69, 9.17) is 9.47 Å². The van der Waals surface area contributed by atoms with Crippen LogP contribution in [0.3, 0.4) is 0 Å². The van der Waals surface area contributed by atoms with Gasteiger partial charge in [-0.25, -0.2) is 8.42 Å². The minimum atomic E-state index is -3.67. The Balaban J connectivity index is 1.81. The highest BCUT2D eigenvalue weighted by Gasteiger charge is 2.19. The standard InChI is InChI=1S/C18H21NO4S/c1-3-13(2)14-4-6-15(7-5-14)19-24(20,21)16-8-9-17-18(12-16)23-11-10-22-17/h4-9,12-13,19H,3,10-11H2,1-2H3/t13-/m0/s1. The maximum Gasteiger partial charge on any atom is 0.262 e. The minimum Gasteiger partial charge on any atom is -0.486 e. The van der Waals surface area contributed by atoms with E-state index < -0.39 is 10.0 Å². The van der Waals surface area contributed by atoms with Crippen LogP contribution in [0.2, 0.25) is 0 Å². The number of hydrogen-bond donors (Lipinski definition) is 1. The molecule has 1 atom stereocenters. The summed E-state index contributed by atoms with van der Waals surface area (Å²) in [4.78, 5) is 0.151. The highest BCUT2D eigenvalue weighted by Crippen LogP contribution is 2.32. The maximum absolute atomic E-state index is 12.6. The van der Waals surface area contributed by atoms with E-state index in [1.54, 1.807) is 18.2 Å². The molecule has 0 bridgehead atoms. The Bertz CT molecular complexity index is 815. The molecule has 128 valence electrons. The van der Waals surface area contributed by atoms with Crippen molar-refractivity contribution >= 4 is 15.7 Å². The van der Waals surface area contributed by atoms with E-state index in [1.807, 2.05) is 12.1 Å². The third kappa shape index (κ3) is 3.48. The maximum atomic E-state index is 12.6. The van der Waals surface area contributed by atoms with E-state index in [-0.39, 0.29) is 4.90 Å². The molecule has 6 heteroatoms. The Morgan fingerprint density at radius 3 is 2.38 bits per heavy atom. The van der Waals surface area contributed by atoms with Crippen molar-refractivity contribution in [3.05, 3.63) is 48.0 Å². The normalized spacial score (nSPS) is 14.9. The Hall–Kier alpha value is -2.21. The van der Waals surface area contributed by atoms with E-state index in [2.05, 4.69) is 18.6 Å². The molecule has 2 aromatic carbocycles. The van der Waals surface area contributed by atoms with Crippen LogP contribution in [0, 0.1) is 0 Å². The molecule has 0 saturated carbocycles. The van der Waals surface area contributed by atoms with Crippen molar-refractivity contribution in [3.63, 3.8) is 0 Å². The zero-order valence-corrected chi connectivity index (χ0v) is 14.6. The molecule has 1 N–H and O–H groups in total. The van der Waals surface area contributed by atoms with Gasteiger partial charge in [-0.2, -0.15) is 0 Å². The van der Waals surface area contributed by atoms with Crippen molar-refractivity contribution in [2.24, 2.45) is 0 Å². The zero-order chi connectivity index (χ0) is 17.2. The zero-order valence-electron chi connectivity index (χ0n) is 13.8. The number of nitrogens with one attached hydrogen (secondary N) is 1. The first-order chi connectivity index (χ1) is 11.5. The summed E-state index contributed by atoms with van der Waals surface area (Å²) in [5.74, 6) is 1.47. The summed E-state index contributed by atoms with van der Waals surface area (Å²) in [5, 5.41) is 0. The molecule has 0 saturated heterocycles. The lowest BCUT2D eigenvalue weighted by Crippen LogP contribution is -2.17. The van der Waals surface area contributed by atoms with Crippen molar-refractivity contribution in [2.45, 2.75) is 31.1 Å². The quantitative estimate of drug-likeness (QED) is 0.894. The number of fused-ring (bicyclic) bond motifs is 1. The van der Waals surface area contributed by atoms with Crippen molar-refractivity contribution in [2.75, 3.05) is 17.9 Å². The van der Waals surface area contributed by atoms with Crippen LogP contribution in [0.5, 0.6) is 11.5 Å². The Morgan fingerprint density at radius 1 is 1.04 bits per heavy atom. The van der Waals surface area contributed by atoms with E-state index in [1.165, 1.54) is 17.7 Å². The molecular formula is C18H21NO4S. The van der Waals surface area contributed by atoms with Gasteiger partial charge in [0, 0.05) is 11.8 Å². The summed E-state index contributed by atoms with van der Waals surface area (Å²) in [6.45, 7) is 5.17. The molecule has 0 fully saturated rings. The first kappa shape index (κ1) is 16.6. The summed E-state index contributed by atoms with van der Waals surface area (Å²) in [5.41, 5.74) is 1.73. The molecule has 1 heterocycles. The minimum absolute atomic E-state index is 0.151. The molecule has 0 aliphatic carbocycles. The highest BCUT2D eigenvalue weighted by molar-refractivity contribution is 7.92. The summed E-state index contributed by atoms with van der Waals surface area (Å²) in [6.07, 6.45) is 1.04. The first-order valence-corrected chi connectivity index (χ1v) is 9.50. The van der Waals surface area contributed by atoms with Gasteiger partial charge in [0.25, 0.3) is 10.0 Å². The lowest BCUT2D eigenvalue weighted by Gasteiger charge is -2.19. The molecule has 3 rings (SSSR count). The van der Waals surface area contributed by atoms with Crippen LogP contribution in [-0.4, -0.2) is 21.6 Å². The third-order valence-corrected chi connectivity index (χ3v) is 5.55. The largest absolute Gasteiger partial charge is 0.486 e. The summed E-state index contributed by atoms with van der Waals surface area (Å²) in [6, 6.07) is 12.1. The second-order valence-electron chi connectivity index (χ2n) is 5.84. The van der Waals surface area contributed by atoms with Crippen LogP contribution in [0.15, 0.2) is 47.4 Å². The van der Waals surface area contributed by atoms with E-state index >= 15 is 0 Å². The fourth-order valence-corrected chi connectivity index (χ4v) is 3.59. The molecule has 0 unspecified atom stereocenters. The van der Waals surface area contributed by atoms with Gasteiger partial charge in [-0.15, -0.1) is 0 Å². The van der Waals surface area contributed by atoms with Crippen molar-refractivity contribution in [3.8, 4) is 11.5 Å². The number of anilines is 1. The molecule has 1 aliphatic heterocycles. The van der Waals surface area contributed by atoms with Crippen LogP contribution in [0.4, 0.5) is 5.69 Å². The van der Waals surface area contributed by atoms with Gasteiger partial charge in [0.1, 0.15) is 13.2 Å². The van der Waals surface area contributed by atoms with Gasteiger partial charge >= 0.3 is 0 Å². The third-order valence-electron chi connectivity index (χ3n) is 4.17. The number of hydrogen-bond acceptors (Lipinski definition) is 4. The predicted octanol–water partition coefficient (Wildman–Crippen LogP) is 3.77. The smallest absolute Gasteiger partial charge is 0.262 e. The first-order valence-electron chi connectivity index (χ1n) is 8.02. The molecule has 2 aromatic rings. The SMILES string of the molecule is CC[C@H](C)c1ccc(NS(=O)(=O)c2ccc3c(c2)OCCO3)cc1. The lowest BCUT2D eigenvalue weighted by atomic mass is 9.99. The summed E-state index contributed by atoms with van der Waals surface area (Å²) in [7, 11) is -3.67. The number of rotatable bonds is 5. The summed E-state index contributed by atoms with van der Waals surface area (Å²) < 4.78 is 38.6. The topological polar surface area (TPSA) is 64.6 Å². The fraction of sp³-hybridized carbons (Fsp3) is 0.333. The molecule has 0 spiro atoms. The molecular weight excluding hydrogens is 326 g/mol. The van der Waals surface area contributed by atoms with E-state index in [0.29, 0.717) is 36.3 Å². The van der Waals surface area contributed by atoms with E-state index in [0.717, 1.165) is 6.42 Å². The number of sulfonamides is 1. The molecule has 0 radical (unpaired) electrons. The predicted molar refractivity (Wildman–Crippen MR) is 93.4 cm³/mol. The van der Waals surface area contributed by atoms with E-state index in [9.17, 15) is 8.42 Å². The lowest BCUT2D eigenvalue weighted by molar-refractivity contribution is 0.171.